The first-order valence-electron chi connectivity index (χ1n) is 5.96. The molecule has 0 spiro atoms. The molecule has 0 aliphatic carbocycles. The number of aryl methyl sites for hydroxylation is 1. The molecule has 1 aromatic rings. The highest BCUT2D eigenvalue weighted by molar-refractivity contribution is 7.89. The maximum Gasteiger partial charge on any atom is 0.243 e. The summed E-state index contributed by atoms with van der Waals surface area (Å²) in [4.78, 5) is -0.532. The zero-order valence-electron chi connectivity index (χ0n) is 11.1. The van der Waals surface area contributed by atoms with Crippen LogP contribution in [0.2, 0.25) is 0 Å². The molecule has 0 bridgehead atoms. The molecule has 0 radical (unpaired) electrons. The predicted octanol–water partition coefficient (Wildman–Crippen LogP) is 1.55. The van der Waals surface area contributed by atoms with Gasteiger partial charge in [-0.1, -0.05) is 6.92 Å². The van der Waals surface area contributed by atoms with Crippen molar-refractivity contribution in [1.82, 2.24) is 10.0 Å². The molecule has 19 heavy (non-hydrogen) atoms. The molecule has 0 unspecified atom stereocenters. The van der Waals surface area contributed by atoms with Crippen LogP contribution in [0.15, 0.2) is 17.0 Å². The SMILES string of the molecule is CCN[C@H](C)CNS(=O)(=O)c1cc(C)c(F)cc1F. The number of sulfonamides is 1. The van der Waals surface area contributed by atoms with Gasteiger partial charge >= 0.3 is 0 Å². The second-order valence-corrected chi connectivity index (χ2v) is 6.08. The molecule has 0 aromatic heterocycles. The van der Waals surface area contributed by atoms with Crippen LogP contribution in [0.4, 0.5) is 8.78 Å². The molecule has 0 amide bonds. The van der Waals surface area contributed by atoms with Crippen LogP contribution in [0, 0.1) is 18.6 Å². The van der Waals surface area contributed by atoms with Gasteiger partial charge in [-0.25, -0.2) is 21.9 Å². The third-order valence-electron chi connectivity index (χ3n) is 2.63. The van der Waals surface area contributed by atoms with Gasteiger partial charge in [0.25, 0.3) is 0 Å². The molecular weight excluding hydrogens is 274 g/mol. The number of nitrogens with one attached hydrogen (secondary N) is 2. The van der Waals surface area contributed by atoms with E-state index in [1.165, 1.54) is 6.92 Å². The van der Waals surface area contributed by atoms with E-state index in [0.29, 0.717) is 12.6 Å². The summed E-state index contributed by atoms with van der Waals surface area (Å²) in [7, 11) is -3.98. The Kier molecular flexibility index (Phi) is 5.39. The van der Waals surface area contributed by atoms with Crippen molar-refractivity contribution in [2.45, 2.75) is 31.7 Å². The van der Waals surface area contributed by atoms with Gasteiger partial charge < -0.3 is 5.32 Å². The quantitative estimate of drug-likeness (QED) is 0.836. The smallest absolute Gasteiger partial charge is 0.243 e. The first kappa shape index (κ1) is 16.0. The van der Waals surface area contributed by atoms with Crippen molar-refractivity contribution in [1.29, 1.82) is 0 Å². The van der Waals surface area contributed by atoms with Crippen LogP contribution in [0.1, 0.15) is 19.4 Å². The van der Waals surface area contributed by atoms with Crippen LogP contribution in [-0.4, -0.2) is 27.5 Å². The van der Waals surface area contributed by atoms with Crippen LogP contribution >= 0.6 is 0 Å². The molecule has 0 saturated carbocycles. The Bertz CT molecular complexity index is 547. The Morgan fingerprint density at radius 1 is 1.26 bits per heavy atom. The van der Waals surface area contributed by atoms with Gasteiger partial charge in [-0.3, -0.25) is 0 Å². The van der Waals surface area contributed by atoms with Gasteiger partial charge in [-0.05, 0) is 32.0 Å². The molecule has 0 heterocycles. The fraction of sp³-hybridized carbons (Fsp3) is 0.500. The van der Waals surface area contributed by atoms with Crippen LogP contribution in [0.25, 0.3) is 0 Å². The number of likely N-dealkylation sites (N-methyl/N-ethyl adjacent to an activating group) is 1. The maximum absolute atomic E-state index is 13.5. The van der Waals surface area contributed by atoms with Crippen molar-refractivity contribution in [3.8, 4) is 0 Å². The summed E-state index contributed by atoms with van der Waals surface area (Å²) in [6.07, 6.45) is 0. The fourth-order valence-corrected chi connectivity index (χ4v) is 2.84. The molecule has 2 N–H and O–H groups in total. The summed E-state index contributed by atoms with van der Waals surface area (Å²) in [5, 5.41) is 3.02. The highest BCUT2D eigenvalue weighted by Gasteiger charge is 2.21. The topological polar surface area (TPSA) is 58.2 Å². The maximum atomic E-state index is 13.5. The van der Waals surface area contributed by atoms with E-state index in [2.05, 4.69) is 10.0 Å². The molecule has 0 aliphatic rings. The fourth-order valence-electron chi connectivity index (χ4n) is 1.57. The molecule has 108 valence electrons. The molecule has 1 atom stereocenters. The average molecular weight is 292 g/mol. The lowest BCUT2D eigenvalue weighted by Gasteiger charge is -2.14. The van der Waals surface area contributed by atoms with Gasteiger partial charge in [0.1, 0.15) is 16.5 Å². The summed E-state index contributed by atoms with van der Waals surface area (Å²) >= 11 is 0. The third-order valence-corrected chi connectivity index (χ3v) is 4.07. The summed E-state index contributed by atoms with van der Waals surface area (Å²) in [5.74, 6) is -1.86. The first-order valence-corrected chi connectivity index (χ1v) is 7.45. The summed E-state index contributed by atoms with van der Waals surface area (Å²) in [6.45, 7) is 5.92. The Labute approximate surface area is 112 Å². The van der Waals surface area contributed by atoms with Crippen LogP contribution in [0.5, 0.6) is 0 Å². The molecule has 7 heteroatoms. The number of hydrogen-bond acceptors (Lipinski definition) is 3. The molecular formula is C12H18F2N2O2S. The Morgan fingerprint density at radius 3 is 2.47 bits per heavy atom. The number of rotatable bonds is 6. The van der Waals surface area contributed by atoms with Crippen molar-refractivity contribution in [2.24, 2.45) is 0 Å². The third kappa shape index (κ3) is 4.22. The van der Waals surface area contributed by atoms with E-state index in [-0.39, 0.29) is 18.2 Å². The zero-order chi connectivity index (χ0) is 14.6. The normalized spacial score (nSPS) is 13.5. The molecule has 4 nitrogen and oxygen atoms in total. The summed E-state index contributed by atoms with van der Waals surface area (Å²) in [6, 6.07) is 1.49. The van der Waals surface area contributed by atoms with Crippen molar-refractivity contribution >= 4 is 10.0 Å². The van der Waals surface area contributed by atoms with Gasteiger partial charge in [0.2, 0.25) is 10.0 Å². The van der Waals surface area contributed by atoms with Crippen molar-refractivity contribution < 1.29 is 17.2 Å². The van der Waals surface area contributed by atoms with Gasteiger partial charge in [0, 0.05) is 18.7 Å². The first-order chi connectivity index (χ1) is 8.77. The Morgan fingerprint density at radius 2 is 1.89 bits per heavy atom. The number of benzene rings is 1. The lowest BCUT2D eigenvalue weighted by molar-refractivity contribution is 0.523. The minimum atomic E-state index is -3.98. The number of hydrogen-bond donors (Lipinski definition) is 2. The van der Waals surface area contributed by atoms with E-state index in [1.807, 2.05) is 6.92 Å². The standard InChI is InChI=1S/C12H18F2N2O2S/c1-4-15-9(3)7-16-19(17,18)12-5-8(2)10(13)6-11(12)14/h5-6,9,15-16H,4,7H2,1-3H3/t9-/m1/s1. The van der Waals surface area contributed by atoms with Crippen molar-refractivity contribution in [3.63, 3.8) is 0 Å². The van der Waals surface area contributed by atoms with E-state index in [9.17, 15) is 17.2 Å². The lowest BCUT2D eigenvalue weighted by atomic mass is 10.2. The summed E-state index contributed by atoms with van der Waals surface area (Å²) in [5.41, 5.74) is 0.0847. The highest BCUT2D eigenvalue weighted by Crippen LogP contribution is 2.18. The van der Waals surface area contributed by atoms with Crippen LogP contribution < -0.4 is 10.0 Å². The van der Waals surface area contributed by atoms with Crippen molar-refractivity contribution in [3.05, 3.63) is 29.3 Å². The minimum absolute atomic E-state index is 0.0793. The largest absolute Gasteiger partial charge is 0.313 e. The van der Waals surface area contributed by atoms with Gasteiger partial charge in [-0.2, -0.15) is 0 Å². The average Bonchev–Trinajstić information content (AvgIpc) is 2.31. The van der Waals surface area contributed by atoms with E-state index in [1.54, 1.807) is 6.92 Å². The zero-order valence-corrected chi connectivity index (χ0v) is 11.9. The van der Waals surface area contributed by atoms with Gasteiger partial charge in [0.15, 0.2) is 0 Å². The minimum Gasteiger partial charge on any atom is -0.313 e. The van der Waals surface area contributed by atoms with E-state index in [4.69, 9.17) is 0 Å². The molecule has 1 aromatic carbocycles. The van der Waals surface area contributed by atoms with E-state index < -0.39 is 26.6 Å². The van der Waals surface area contributed by atoms with Crippen LogP contribution in [-0.2, 0) is 10.0 Å². The predicted molar refractivity (Wildman–Crippen MR) is 69.4 cm³/mol. The Balaban J connectivity index is 2.92. The van der Waals surface area contributed by atoms with Crippen LogP contribution in [0.3, 0.4) is 0 Å². The monoisotopic (exact) mass is 292 g/mol. The molecule has 0 saturated heterocycles. The van der Waals surface area contributed by atoms with Gasteiger partial charge in [-0.15, -0.1) is 0 Å². The van der Waals surface area contributed by atoms with Crippen molar-refractivity contribution in [2.75, 3.05) is 13.1 Å². The molecule has 0 aliphatic heterocycles. The Hall–Kier alpha value is -1.05. The number of halogens is 2. The summed E-state index contributed by atoms with van der Waals surface area (Å²) < 4.78 is 52.8. The second kappa shape index (κ2) is 6.40. The lowest BCUT2D eigenvalue weighted by Crippen LogP contribution is -2.39. The highest BCUT2D eigenvalue weighted by atomic mass is 32.2. The molecule has 1 rings (SSSR count). The van der Waals surface area contributed by atoms with E-state index in [0.717, 1.165) is 6.07 Å². The van der Waals surface area contributed by atoms with Gasteiger partial charge in [0.05, 0.1) is 0 Å². The van der Waals surface area contributed by atoms with E-state index >= 15 is 0 Å². The second-order valence-electron chi connectivity index (χ2n) is 4.34. The molecule has 0 fully saturated rings.